The Kier molecular flexibility index (Phi) is 6.86. The molecule has 1 fully saturated rings. The van der Waals surface area contributed by atoms with Gasteiger partial charge >= 0.3 is 0 Å². The predicted octanol–water partition coefficient (Wildman–Crippen LogP) is 6.51. The van der Waals surface area contributed by atoms with Gasteiger partial charge in [-0.05, 0) is 118 Å². The summed E-state index contributed by atoms with van der Waals surface area (Å²) in [7, 11) is -3.57. The molecule has 30 heavy (non-hydrogen) atoms. The van der Waals surface area contributed by atoms with E-state index < -0.39 is 10.0 Å². The minimum absolute atomic E-state index is 0.175. The van der Waals surface area contributed by atoms with Crippen LogP contribution in [0, 0.1) is 14.1 Å². The van der Waals surface area contributed by atoms with Crippen molar-refractivity contribution < 1.29 is 8.42 Å². The molecule has 3 nitrogen and oxygen atoms in total. The summed E-state index contributed by atoms with van der Waals surface area (Å²) in [5.41, 5.74) is 3.40. The van der Waals surface area contributed by atoms with E-state index in [0.717, 1.165) is 27.5 Å². The second-order valence-corrected chi connectivity index (χ2v) is 12.2. The van der Waals surface area contributed by atoms with E-state index in [1.165, 1.54) is 9.13 Å². The number of hydrogen-bond acceptors (Lipinski definition) is 2. The summed E-state index contributed by atoms with van der Waals surface area (Å²) < 4.78 is 31.2. The maximum Gasteiger partial charge on any atom is 0.243 e. The van der Waals surface area contributed by atoms with Crippen LogP contribution in [0.5, 0.6) is 0 Å². The van der Waals surface area contributed by atoms with Crippen LogP contribution < -0.4 is 0 Å². The first-order valence-electron chi connectivity index (χ1n) is 9.94. The number of nitrogens with zero attached hydrogens (tertiary/aromatic N) is 1. The summed E-state index contributed by atoms with van der Waals surface area (Å²) in [6, 6.07) is 23.9. The van der Waals surface area contributed by atoms with Crippen molar-refractivity contribution in [2.24, 2.45) is 0 Å². The van der Waals surface area contributed by atoms with Crippen LogP contribution in [0.25, 0.3) is 0 Å². The van der Waals surface area contributed by atoms with Crippen molar-refractivity contribution in [3.63, 3.8) is 0 Å². The Morgan fingerprint density at radius 3 is 1.90 bits per heavy atom. The van der Waals surface area contributed by atoms with Crippen molar-refractivity contribution >= 4 is 55.2 Å². The molecule has 1 heterocycles. The largest absolute Gasteiger partial charge is 0.243 e. The lowest BCUT2D eigenvalue weighted by Crippen LogP contribution is -2.40. The quantitative estimate of drug-likeness (QED) is 0.304. The minimum Gasteiger partial charge on any atom is -0.207 e. The lowest BCUT2D eigenvalue weighted by Gasteiger charge is -2.39. The Balaban J connectivity index is 1.71. The van der Waals surface area contributed by atoms with E-state index in [-0.39, 0.29) is 6.04 Å². The molecule has 0 aliphatic carbocycles. The Morgan fingerprint density at radius 1 is 0.800 bits per heavy atom. The van der Waals surface area contributed by atoms with Gasteiger partial charge in [-0.3, -0.25) is 0 Å². The normalized spacial score (nSPS) is 20.2. The van der Waals surface area contributed by atoms with Gasteiger partial charge in [-0.1, -0.05) is 42.0 Å². The average molecular weight is 643 g/mol. The van der Waals surface area contributed by atoms with Crippen LogP contribution in [0.15, 0.2) is 77.7 Å². The van der Waals surface area contributed by atoms with Gasteiger partial charge < -0.3 is 0 Å². The Morgan fingerprint density at radius 2 is 1.33 bits per heavy atom. The van der Waals surface area contributed by atoms with E-state index in [1.807, 2.05) is 19.1 Å². The van der Waals surface area contributed by atoms with Crippen LogP contribution >= 0.6 is 45.2 Å². The lowest BCUT2D eigenvalue weighted by atomic mass is 9.84. The molecule has 0 bridgehead atoms. The summed E-state index contributed by atoms with van der Waals surface area (Å²) in [5.74, 6) is 0.343. The third-order valence-electron chi connectivity index (χ3n) is 5.78. The molecule has 156 valence electrons. The fourth-order valence-corrected chi connectivity index (χ4v) is 6.46. The van der Waals surface area contributed by atoms with Crippen molar-refractivity contribution in [2.75, 3.05) is 6.54 Å². The van der Waals surface area contributed by atoms with Gasteiger partial charge in [-0.2, -0.15) is 4.31 Å². The van der Waals surface area contributed by atoms with Crippen LogP contribution in [0.4, 0.5) is 0 Å². The Labute approximate surface area is 206 Å². The first-order valence-corrected chi connectivity index (χ1v) is 13.5. The minimum atomic E-state index is -3.57. The zero-order valence-electron chi connectivity index (χ0n) is 16.6. The van der Waals surface area contributed by atoms with Crippen LogP contribution in [0.3, 0.4) is 0 Å². The maximum atomic E-state index is 13.6. The maximum absolute atomic E-state index is 13.6. The van der Waals surface area contributed by atoms with Crippen molar-refractivity contribution in [3.05, 3.63) is 96.6 Å². The molecular formula is C24H23I2NO2S. The summed E-state index contributed by atoms with van der Waals surface area (Å²) in [4.78, 5) is 0.372. The van der Waals surface area contributed by atoms with Gasteiger partial charge in [0, 0.05) is 13.7 Å². The fraction of sp³-hybridized carbons (Fsp3) is 0.250. The molecule has 2 unspecified atom stereocenters. The van der Waals surface area contributed by atoms with E-state index >= 15 is 0 Å². The third kappa shape index (κ3) is 4.76. The topological polar surface area (TPSA) is 37.4 Å². The highest BCUT2D eigenvalue weighted by atomic mass is 127. The highest BCUT2D eigenvalue weighted by Crippen LogP contribution is 2.42. The fourth-order valence-electron chi connectivity index (χ4n) is 4.10. The van der Waals surface area contributed by atoms with Crippen LogP contribution in [0.1, 0.15) is 41.5 Å². The van der Waals surface area contributed by atoms with Gasteiger partial charge in [0.05, 0.1) is 10.9 Å². The second kappa shape index (κ2) is 9.26. The number of rotatable bonds is 4. The van der Waals surface area contributed by atoms with E-state index in [0.29, 0.717) is 17.4 Å². The van der Waals surface area contributed by atoms with Crippen LogP contribution in [-0.4, -0.2) is 19.3 Å². The number of benzene rings is 3. The monoisotopic (exact) mass is 643 g/mol. The second-order valence-electron chi connectivity index (χ2n) is 7.77. The van der Waals surface area contributed by atoms with Gasteiger partial charge in [0.1, 0.15) is 0 Å². The number of piperidine rings is 1. The first kappa shape index (κ1) is 22.2. The molecular weight excluding hydrogens is 620 g/mol. The highest BCUT2D eigenvalue weighted by Gasteiger charge is 2.38. The lowest BCUT2D eigenvalue weighted by molar-refractivity contribution is 0.234. The molecule has 1 saturated heterocycles. The third-order valence-corrected chi connectivity index (χ3v) is 9.14. The molecule has 1 aliphatic heterocycles. The van der Waals surface area contributed by atoms with Gasteiger partial charge in [0.2, 0.25) is 10.0 Å². The number of aryl methyl sites for hydroxylation is 1. The molecule has 0 spiro atoms. The molecule has 6 heteroatoms. The molecule has 4 rings (SSSR count). The Bertz CT molecular complexity index is 1110. The van der Waals surface area contributed by atoms with Crippen molar-refractivity contribution in [1.82, 2.24) is 4.31 Å². The molecule has 3 aromatic rings. The molecule has 0 radical (unpaired) electrons. The van der Waals surface area contributed by atoms with E-state index in [9.17, 15) is 8.42 Å². The van der Waals surface area contributed by atoms with Gasteiger partial charge in [-0.15, -0.1) is 0 Å². The zero-order valence-corrected chi connectivity index (χ0v) is 21.8. The predicted molar refractivity (Wildman–Crippen MR) is 138 cm³/mol. The summed E-state index contributed by atoms with van der Waals surface area (Å²) in [5, 5.41) is 0. The SMILES string of the molecule is Cc1ccc(S(=O)(=O)N2CCC(c3ccc(I)cc3)CC2c2ccc(I)cc2)cc1. The average Bonchev–Trinajstić information content (AvgIpc) is 2.75. The molecule has 2 atom stereocenters. The summed E-state index contributed by atoms with van der Waals surface area (Å²) in [6.07, 6.45) is 1.61. The first-order chi connectivity index (χ1) is 14.3. The van der Waals surface area contributed by atoms with Crippen LogP contribution in [0.2, 0.25) is 0 Å². The Hall–Kier alpha value is -0.970. The molecule has 0 saturated carbocycles. The molecule has 1 aliphatic rings. The van der Waals surface area contributed by atoms with Crippen LogP contribution in [-0.2, 0) is 10.0 Å². The van der Waals surface area contributed by atoms with Crippen molar-refractivity contribution in [3.8, 4) is 0 Å². The molecule has 0 amide bonds. The summed E-state index contributed by atoms with van der Waals surface area (Å²) in [6.45, 7) is 2.49. The van der Waals surface area contributed by atoms with E-state index in [2.05, 4.69) is 93.7 Å². The summed E-state index contributed by atoms with van der Waals surface area (Å²) >= 11 is 4.60. The highest BCUT2D eigenvalue weighted by molar-refractivity contribution is 14.1. The van der Waals surface area contributed by atoms with Gasteiger partial charge in [0.25, 0.3) is 0 Å². The molecule has 0 aromatic heterocycles. The zero-order chi connectivity index (χ0) is 21.3. The van der Waals surface area contributed by atoms with Crippen molar-refractivity contribution in [2.45, 2.75) is 36.6 Å². The number of halogens is 2. The smallest absolute Gasteiger partial charge is 0.207 e. The standard InChI is InChI=1S/C24H23I2NO2S/c1-17-2-12-23(13-3-17)30(28,29)27-15-14-20(18-4-8-21(25)9-5-18)16-24(27)19-6-10-22(26)11-7-19/h2-13,20,24H,14-16H2,1H3. The molecule has 3 aromatic carbocycles. The van der Waals surface area contributed by atoms with E-state index in [4.69, 9.17) is 0 Å². The van der Waals surface area contributed by atoms with Crippen molar-refractivity contribution in [1.29, 1.82) is 0 Å². The van der Waals surface area contributed by atoms with Gasteiger partial charge in [0.15, 0.2) is 0 Å². The number of hydrogen-bond donors (Lipinski definition) is 0. The molecule has 0 N–H and O–H groups in total. The van der Waals surface area contributed by atoms with E-state index in [1.54, 1.807) is 16.4 Å². The number of sulfonamides is 1. The van der Waals surface area contributed by atoms with Gasteiger partial charge in [-0.25, -0.2) is 8.42 Å².